The maximum absolute atomic E-state index is 13.4. The summed E-state index contributed by atoms with van der Waals surface area (Å²) in [7, 11) is -3.57. The van der Waals surface area contributed by atoms with Crippen LogP contribution in [0, 0.1) is 17.2 Å². The largest absolute Gasteiger partial charge is 0.391 e. The van der Waals surface area contributed by atoms with Gasteiger partial charge in [0.05, 0.1) is 23.5 Å². The van der Waals surface area contributed by atoms with Crippen molar-refractivity contribution in [2.24, 2.45) is 5.92 Å². The molecule has 3 aliphatic heterocycles. The van der Waals surface area contributed by atoms with Crippen molar-refractivity contribution in [2.45, 2.75) is 56.8 Å². The summed E-state index contributed by atoms with van der Waals surface area (Å²) in [6.45, 7) is 0.516. The van der Waals surface area contributed by atoms with Crippen LogP contribution in [-0.4, -0.2) is 72.7 Å². The molecule has 3 atom stereocenters. The number of anilines is 3. The van der Waals surface area contributed by atoms with Gasteiger partial charge in [-0.05, 0) is 25.7 Å². The highest BCUT2D eigenvalue weighted by Crippen LogP contribution is 2.39. The van der Waals surface area contributed by atoms with Crippen molar-refractivity contribution < 1.29 is 13.5 Å². The van der Waals surface area contributed by atoms with Gasteiger partial charge >= 0.3 is 0 Å². The van der Waals surface area contributed by atoms with E-state index in [1.54, 1.807) is 16.7 Å². The van der Waals surface area contributed by atoms with E-state index in [-0.39, 0.29) is 43.7 Å². The van der Waals surface area contributed by atoms with Crippen molar-refractivity contribution in [2.75, 3.05) is 23.7 Å². The number of imidazole rings is 1. The van der Waals surface area contributed by atoms with E-state index >= 15 is 0 Å². The van der Waals surface area contributed by atoms with Crippen molar-refractivity contribution in [3.05, 3.63) is 29.5 Å². The highest BCUT2D eigenvalue weighted by Gasteiger charge is 2.49. The van der Waals surface area contributed by atoms with Gasteiger partial charge in [0.2, 0.25) is 5.95 Å². The molecular formula is C22H27N9O3S2. The van der Waals surface area contributed by atoms with Crippen LogP contribution >= 0.6 is 11.3 Å². The van der Waals surface area contributed by atoms with E-state index in [4.69, 9.17) is 10.2 Å². The molecule has 190 valence electrons. The van der Waals surface area contributed by atoms with Crippen LogP contribution in [0.1, 0.15) is 37.0 Å². The third-order valence-corrected chi connectivity index (χ3v) is 10.2. The molecule has 36 heavy (non-hydrogen) atoms. The number of nitrogens with one attached hydrogen (secondary N) is 2. The Kier molecular flexibility index (Phi) is 6.05. The van der Waals surface area contributed by atoms with Gasteiger partial charge in [0.15, 0.2) is 5.13 Å². The smallest absolute Gasteiger partial charge is 0.282 e. The lowest BCUT2D eigenvalue weighted by molar-refractivity contribution is 0.0983. The highest BCUT2D eigenvalue weighted by atomic mass is 32.2. The van der Waals surface area contributed by atoms with Crippen LogP contribution in [0.25, 0.3) is 5.65 Å². The summed E-state index contributed by atoms with van der Waals surface area (Å²) in [6.07, 6.45) is 9.23. The number of nitrogens with zero attached hydrogens (tertiary/aromatic N) is 7. The Balaban J connectivity index is 1.21. The molecule has 6 heterocycles. The number of aliphatic hydroxyl groups is 1. The second-order valence-corrected chi connectivity index (χ2v) is 12.5. The molecule has 3 fully saturated rings. The first kappa shape index (κ1) is 23.6. The van der Waals surface area contributed by atoms with Gasteiger partial charge in [0, 0.05) is 55.9 Å². The number of hydrogen-bond acceptors (Lipinski definition) is 10. The fourth-order valence-electron chi connectivity index (χ4n) is 5.49. The summed E-state index contributed by atoms with van der Waals surface area (Å²) in [4.78, 5) is 14.2. The molecule has 3 N–H and O–H groups in total. The van der Waals surface area contributed by atoms with Gasteiger partial charge < -0.3 is 15.7 Å². The first-order chi connectivity index (χ1) is 17.4. The molecule has 3 aromatic heterocycles. The molecule has 12 nitrogen and oxygen atoms in total. The van der Waals surface area contributed by atoms with Crippen LogP contribution in [0.4, 0.5) is 16.9 Å². The molecular weight excluding hydrogens is 502 g/mol. The zero-order valence-electron chi connectivity index (χ0n) is 19.5. The maximum atomic E-state index is 13.4. The molecule has 1 unspecified atom stereocenters. The Morgan fingerprint density at radius 2 is 2.00 bits per heavy atom. The Hall–Kier alpha value is -2.83. The molecule has 3 saturated heterocycles. The van der Waals surface area contributed by atoms with Crippen molar-refractivity contribution in [1.29, 1.82) is 5.26 Å². The summed E-state index contributed by atoms with van der Waals surface area (Å²) in [5.41, 5.74) is 0.721. The van der Waals surface area contributed by atoms with Gasteiger partial charge in [-0.1, -0.05) is 17.8 Å². The average Bonchev–Trinajstić information content (AvgIpc) is 3.47. The van der Waals surface area contributed by atoms with E-state index in [0.29, 0.717) is 29.7 Å². The predicted octanol–water partition coefficient (Wildman–Crippen LogP) is 1.92. The van der Waals surface area contributed by atoms with Crippen LogP contribution in [-0.2, 0) is 16.8 Å². The first-order valence-electron chi connectivity index (χ1n) is 12.1. The fourth-order valence-corrected chi connectivity index (χ4v) is 8.31. The van der Waals surface area contributed by atoms with Crippen molar-refractivity contribution >= 4 is 44.1 Å². The Bertz CT molecular complexity index is 1400. The molecule has 0 spiro atoms. The number of fused-ring (bicyclic) bond motifs is 3. The van der Waals surface area contributed by atoms with E-state index < -0.39 is 10.2 Å². The Morgan fingerprint density at radius 3 is 2.69 bits per heavy atom. The summed E-state index contributed by atoms with van der Waals surface area (Å²) >= 11 is 1.36. The third kappa shape index (κ3) is 4.20. The Morgan fingerprint density at radius 1 is 1.22 bits per heavy atom. The summed E-state index contributed by atoms with van der Waals surface area (Å²) < 4.78 is 31.8. The lowest BCUT2D eigenvalue weighted by Gasteiger charge is -2.50. The first-order valence-corrected chi connectivity index (χ1v) is 14.3. The number of rotatable bonds is 7. The minimum absolute atomic E-state index is 0.0594. The molecule has 0 amide bonds. The van der Waals surface area contributed by atoms with Crippen molar-refractivity contribution in [3.63, 3.8) is 0 Å². The van der Waals surface area contributed by atoms with E-state index in [9.17, 15) is 13.5 Å². The number of aromatic nitrogens is 4. The number of aliphatic hydroxyl groups excluding tert-OH is 1. The molecule has 3 aromatic rings. The number of thiazole rings is 1. The van der Waals surface area contributed by atoms with E-state index in [1.165, 1.54) is 15.6 Å². The zero-order chi connectivity index (χ0) is 24.9. The van der Waals surface area contributed by atoms with E-state index in [1.807, 2.05) is 16.7 Å². The average molecular weight is 530 g/mol. The molecule has 0 aromatic carbocycles. The number of nitriles is 1. The SMILES string of the molecule is N#CC1CN(S(=O)(=O)N2[C@@H]3CCC[C@H]2CC(Nc2nc(Nc4ncc(CO)s4)cc4nccn24)C3)C1. The van der Waals surface area contributed by atoms with Gasteiger partial charge in [0.25, 0.3) is 10.2 Å². The lowest BCUT2D eigenvalue weighted by Crippen LogP contribution is -2.63. The number of hydrogen-bond donors (Lipinski definition) is 3. The zero-order valence-corrected chi connectivity index (χ0v) is 21.1. The van der Waals surface area contributed by atoms with Crippen LogP contribution in [0.5, 0.6) is 0 Å². The van der Waals surface area contributed by atoms with Crippen molar-refractivity contribution in [3.8, 4) is 6.07 Å². The summed E-state index contributed by atoms with van der Waals surface area (Å²) in [6, 6.07) is 3.90. The molecule has 14 heteroatoms. The minimum Gasteiger partial charge on any atom is -0.391 e. The lowest BCUT2D eigenvalue weighted by atomic mass is 9.84. The van der Waals surface area contributed by atoms with E-state index in [0.717, 1.165) is 29.8 Å². The molecule has 3 aliphatic rings. The topological polar surface area (TPSA) is 152 Å². The fraction of sp³-hybridized carbons (Fsp3) is 0.545. The maximum Gasteiger partial charge on any atom is 0.282 e. The van der Waals surface area contributed by atoms with E-state index in [2.05, 4.69) is 26.7 Å². The summed E-state index contributed by atoms with van der Waals surface area (Å²) in [5.74, 6) is 1.01. The molecule has 0 saturated carbocycles. The molecule has 0 radical (unpaired) electrons. The molecule has 0 aliphatic carbocycles. The molecule has 2 bridgehead atoms. The second kappa shape index (κ2) is 9.24. The predicted molar refractivity (Wildman–Crippen MR) is 134 cm³/mol. The highest BCUT2D eigenvalue weighted by molar-refractivity contribution is 7.86. The van der Waals surface area contributed by atoms with Gasteiger partial charge in [-0.3, -0.25) is 4.40 Å². The van der Waals surface area contributed by atoms with Crippen LogP contribution < -0.4 is 10.6 Å². The van der Waals surface area contributed by atoms with Gasteiger partial charge in [0.1, 0.15) is 11.5 Å². The van der Waals surface area contributed by atoms with Crippen LogP contribution in [0.3, 0.4) is 0 Å². The minimum atomic E-state index is -3.57. The van der Waals surface area contributed by atoms with Crippen LogP contribution in [0.2, 0.25) is 0 Å². The Labute approximate surface area is 212 Å². The summed E-state index contributed by atoms with van der Waals surface area (Å²) in [5, 5.41) is 25.8. The van der Waals surface area contributed by atoms with Gasteiger partial charge in [-0.15, -0.1) is 0 Å². The molecule has 6 rings (SSSR count). The van der Waals surface area contributed by atoms with Gasteiger partial charge in [-0.25, -0.2) is 9.97 Å². The quantitative estimate of drug-likeness (QED) is 0.417. The monoisotopic (exact) mass is 529 g/mol. The second-order valence-electron chi connectivity index (χ2n) is 9.57. The normalized spacial score (nSPS) is 25.4. The van der Waals surface area contributed by atoms with Crippen LogP contribution in [0.15, 0.2) is 24.7 Å². The third-order valence-electron chi connectivity index (χ3n) is 7.20. The van der Waals surface area contributed by atoms with Gasteiger partial charge in [-0.2, -0.15) is 27.3 Å². The standard InChI is InChI=1S/C22H27N9O3S2/c23-9-14-11-29(12-14)36(33,34)31-16-2-1-3-17(31)7-15(6-16)26-21-27-19(8-20-24-4-5-30(20)21)28-22-25-10-18(13-32)35-22/h4-5,8,10,14-17,32H,1-3,6-7,11-13H2,(H,25,28)(H,26,27)/t15?,16-,17+. The number of piperidine rings is 2. The van der Waals surface area contributed by atoms with Crippen molar-refractivity contribution in [1.82, 2.24) is 28.0 Å².